The Morgan fingerprint density at radius 3 is 2.78 bits per heavy atom. The number of fused-ring (bicyclic) bond motifs is 1. The molecule has 0 aliphatic heterocycles. The van der Waals surface area contributed by atoms with Gasteiger partial charge in [-0.2, -0.15) is 0 Å². The molecule has 1 amide bonds. The fourth-order valence-electron chi connectivity index (χ4n) is 2.57. The lowest BCUT2D eigenvalue weighted by molar-refractivity contribution is -0.124. The van der Waals surface area contributed by atoms with Crippen molar-refractivity contribution >= 4 is 18.3 Å². The summed E-state index contributed by atoms with van der Waals surface area (Å²) >= 11 is 0. The molecular formula is C14H19ClN2O. The number of rotatable bonds is 2. The number of benzene rings is 1. The highest BCUT2D eigenvalue weighted by Crippen LogP contribution is 2.35. The average Bonchev–Trinajstić information content (AvgIpc) is 3.09. The summed E-state index contributed by atoms with van der Waals surface area (Å²) in [5.41, 5.74) is 7.99. The van der Waals surface area contributed by atoms with E-state index in [0.717, 1.165) is 32.1 Å². The van der Waals surface area contributed by atoms with Crippen LogP contribution >= 0.6 is 12.4 Å². The quantitative estimate of drug-likeness (QED) is 0.861. The molecule has 0 spiro atoms. The summed E-state index contributed by atoms with van der Waals surface area (Å²) in [4.78, 5) is 12.0. The van der Waals surface area contributed by atoms with Gasteiger partial charge in [0.2, 0.25) is 5.91 Å². The third kappa shape index (κ3) is 2.38. The maximum atomic E-state index is 12.0. The van der Waals surface area contributed by atoms with Crippen molar-refractivity contribution < 1.29 is 4.79 Å². The van der Waals surface area contributed by atoms with Crippen LogP contribution in [0.1, 0.15) is 42.9 Å². The number of hydrogen-bond acceptors (Lipinski definition) is 2. The maximum Gasteiger partial charge on any atom is 0.240 e. The topological polar surface area (TPSA) is 55.1 Å². The average molecular weight is 267 g/mol. The van der Waals surface area contributed by atoms with Crippen LogP contribution in [0.5, 0.6) is 0 Å². The van der Waals surface area contributed by atoms with Crippen molar-refractivity contribution in [2.24, 2.45) is 5.73 Å². The number of aryl methyl sites for hydroxylation is 1. The first-order chi connectivity index (χ1) is 8.19. The zero-order valence-electron chi connectivity index (χ0n) is 10.3. The van der Waals surface area contributed by atoms with Crippen molar-refractivity contribution in [3.05, 3.63) is 35.4 Å². The Hall–Kier alpha value is -1.06. The third-order valence-corrected chi connectivity index (χ3v) is 3.92. The highest BCUT2D eigenvalue weighted by Gasteiger charge is 2.46. The van der Waals surface area contributed by atoms with Crippen molar-refractivity contribution in [3.8, 4) is 0 Å². The van der Waals surface area contributed by atoms with Gasteiger partial charge < -0.3 is 11.1 Å². The van der Waals surface area contributed by atoms with Crippen LogP contribution in [0.2, 0.25) is 0 Å². The van der Waals surface area contributed by atoms with Gasteiger partial charge in [0.25, 0.3) is 0 Å². The van der Waals surface area contributed by atoms with E-state index in [1.54, 1.807) is 0 Å². The van der Waals surface area contributed by atoms with Crippen molar-refractivity contribution in [1.29, 1.82) is 0 Å². The molecule has 0 radical (unpaired) electrons. The number of nitrogens with two attached hydrogens (primary N) is 1. The Bertz CT molecular complexity index is 457. The minimum absolute atomic E-state index is 0. The second-order valence-electron chi connectivity index (χ2n) is 5.27. The van der Waals surface area contributed by atoms with Gasteiger partial charge in [-0.05, 0) is 43.2 Å². The minimum atomic E-state index is -0.563. The van der Waals surface area contributed by atoms with Crippen molar-refractivity contribution in [2.45, 2.75) is 43.7 Å². The molecule has 2 aliphatic rings. The lowest BCUT2D eigenvalue weighted by Gasteiger charge is -2.27. The molecule has 0 bridgehead atoms. The number of carbonyl (C=O) groups excluding carboxylic acids is 1. The van der Waals surface area contributed by atoms with Crippen LogP contribution in [-0.2, 0) is 11.2 Å². The molecule has 1 aromatic carbocycles. The maximum absolute atomic E-state index is 12.0. The molecule has 1 fully saturated rings. The highest BCUT2D eigenvalue weighted by atomic mass is 35.5. The van der Waals surface area contributed by atoms with E-state index in [2.05, 4.69) is 23.5 Å². The number of halogens is 1. The van der Waals surface area contributed by atoms with Crippen molar-refractivity contribution in [1.82, 2.24) is 5.32 Å². The molecular weight excluding hydrogens is 248 g/mol. The number of amides is 1. The van der Waals surface area contributed by atoms with Crippen LogP contribution in [0.15, 0.2) is 24.3 Å². The molecule has 1 atom stereocenters. The van der Waals surface area contributed by atoms with E-state index >= 15 is 0 Å². The summed E-state index contributed by atoms with van der Waals surface area (Å²) in [5.74, 6) is 0.0270. The highest BCUT2D eigenvalue weighted by molar-refractivity contribution is 5.89. The van der Waals surface area contributed by atoms with E-state index in [0.29, 0.717) is 0 Å². The van der Waals surface area contributed by atoms with Gasteiger partial charge in [-0.1, -0.05) is 24.3 Å². The largest absolute Gasteiger partial charge is 0.348 e. The summed E-state index contributed by atoms with van der Waals surface area (Å²) < 4.78 is 0. The lowest BCUT2D eigenvalue weighted by Crippen LogP contribution is -2.44. The lowest BCUT2D eigenvalue weighted by atomic mass is 9.87. The van der Waals surface area contributed by atoms with Gasteiger partial charge in [0.1, 0.15) is 0 Å². The molecule has 0 heterocycles. The molecule has 3 N–H and O–H groups in total. The predicted octanol–water partition coefficient (Wildman–Crippen LogP) is 2.09. The molecule has 3 rings (SSSR count). The molecule has 98 valence electrons. The molecule has 1 unspecified atom stereocenters. The first-order valence-electron chi connectivity index (χ1n) is 6.37. The van der Waals surface area contributed by atoms with E-state index in [9.17, 15) is 4.79 Å². The van der Waals surface area contributed by atoms with Crippen LogP contribution in [-0.4, -0.2) is 11.4 Å². The minimum Gasteiger partial charge on any atom is -0.348 e. The smallest absolute Gasteiger partial charge is 0.240 e. The van der Waals surface area contributed by atoms with Crippen LogP contribution in [0.3, 0.4) is 0 Å². The van der Waals surface area contributed by atoms with Crippen molar-refractivity contribution in [3.63, 3.8) is 0 Å². The fourth-order valence-corrected chi connectivity index (χ4v) is 2.57. The number of nitrogens with one attached hydrogen (secondary N) is 1. The van der Waals surface area contributed by atoms with E-state index in [1.165, 1.54) is 11.1 Å². The van der Waals surface area contributed by atoms with Gasteiger partial charge >= 0.3 is 0 Å². The standard InChI is InChI=1S/C14H18N2O.ClH/c15-14(8-9-14)13(17)16-12-7-3-5-10-4-1-2-6-11(10)12;/h1-2,4,6,12H,3,5,7-9,15H2,(H,16,17);1H. The van der Waals surface area contributed by atoms with E-state index in [4.69, 9.17) is 5.73 Å². The monoisotopic (exact) mass is 266 g/mol. The van der Waals surface area contributed by atoms with Crippen LogP contribution < -0.4 is 11.1 Å². The fraction of sp³-hybridized carbons (Fsp3) is 0.500. The van der Waals surface area contributed by atoms with Crippen LogP contribution in [0.4, 0.5) is 0 Å². The van der Waals surface area contributed by atoms with E-state index in [-0.39, 0.29) is 24.4 Å². The molecule has 4 heteroatoms. The normalized spacial score (nSPS) is 23.5. The number of carbonyl (C=O) groups is 1. The molecule has 3 nitrogen and oxygen atoms in total. The molecule has 2 aliphatic carbocycles. The van der Waals surface area contributed by atoms with Gasteiger partial charge in [-0.15, -0.1) is 12.4 Å². The summed E-state index contributed by atoms with van der Waals surface area (Å²) in [5, 5.41) is 3.11. The van der Waals surface area contributed by atoms with E-state index < -0.39 is 5.54 Å². The van der Waals surface area contributed by atoms with Crippen molar-refractivity contribution in [2.75, 3.05) is 0 Å². The Labute approximate surface area is 114 Å². The first-order valence-corrected chi connectivity index (χ1v) is 6.37. The van der Waals surface area contributed by atoms with Crippen LogP contribution in [0, 0.1) is 0 Å². The SMILES string of the molecule is Cl.NC1(C(=O)NC2CCCc3ccccc32)CC1. The van der Waals surface area contributed by atoms with Gasteiger partial charge in [0.15, 0.2) is 0 Å². The second kappa shape index (κ2) is 4.90. The zero-order valence-corrected chi connectivity index (χ0v) is 11.1. The number of hydrogen-bond donors (Lipinski definition) is 2. The van der Waals surface area contributed by atoms with Gasteiger partial charge in [0.05, 0.1) is 11.6 Å². The first kappa shape index (κ1) is 13.4. The predicted molar refractivity (Wildman–Crippen MR) is 73.7 cm³/mol. The molecule has 1 saturated carbocycles. The summed E-state index contributed by atoms with van der Waals surface area (Å²) in [6, 6.07) is 8.54. The third-order valence-electron chi connectivity index (χ3n) is 3.92. The molecule has 18 heavy (non-hydrogen) atoms. The summed E-state index contributed by atoms with van der Waals surface area (Å²) in [6.45, 7) is 0. The second-order valence-corrected chi connectivity index (χ2v) is 5.27. The molecule has 0 saturated heterocycles. The Balaban J connectivity index is 0.00000120. The van der Waals surface area contributed by atoms with Gasteiger partial charge in [-0.25, -0.2) is 0 Å². The summed E-state index contributed by atoms with van der Waals surface area (Å²) in [7, 11) is 0. The zero-order chi connectivity index (χ0) is 11.9. The molecule has 0 aromatic heterocycles. The Morgan fingerprint density at radius 2 is 2.06 bits per heavy atom. The Kier molecular flexibility index (Phi) is 3.64. The molecule has 1 aromatic rings. The van der Waals surface area contributed by atoms with E-state index in [1.807, 2.05) is 6.07 Å². The van der Waals surface area contributed by atoms with Gasteiger partial charge in [0, 0.05) is 0 Å². The summed E-state index contributed by atoms with van der Waals surface area (Å²) in [6.07, 6.45) is 4.94. The van der Waals surface area contributed by atoms with Gasteiger partial charge in [-0.3, -0.25) is 4.79 Å². The van der Waals surface area contributed by atoms with Crippen LogP contribution in [0.25, 0.3) is 0 Å². The Morgan fingerprint density at radius 1 is 1.33 bits per heavy atom.